The topological polar surface area (TPSA) is 182 Å². The molecule has 0 saturated carbocycles. The normalized spacial score (nSPS) is 12.1. The van der Waals surface area contributed by atoms with Crippen molar-refractivity contribution in [3.63, 3.8) is 0 Å². The van der Waals surface area contributed by atoms with Crippen LogP contribution in [0.15, 0.2) is 29.3 Å². The van der Waals surface area contributed by atoms with Crippen molar-refractivity contribution >= 4 is 30.0 Å². The summed E-state index contributed by atoms with van der Waals surface area (Å²) in [6.07, 6.45) is 2.27. The van der Waals surface area contributed by atoms with Crippen molar-refractivity contribution in [2.24, 2.45) is 0 Å². The van der Waals surface area contributed by atoms with Gasteiger partial charge in [-0.1, -0.05) is 0 Å². The highest BCUT2D eigenvalue weighted by molar-refractivity contribution is 7.50. The number of nitro benzene ring substituents is 1. The van der Waals surface area contributed by atoms with Gasteiger partial charge in [0.25, 0.3) is 11.2 Å². The van der Waals surface area contributed by atoms with E-state index in [0.717, 1.165) is 0 Å². The molecule has 144 valence electrons. The van der Waals surface area contributed by atoms with Crippen molar-refractivity contribution in [3.8, 4) is 5.69 Å². The molecular weight excluding hydrogens is 393 g/mol. The Kier molecular flexibility index (Phi) is 3.89. The quantitative estimate of drug-likeness (QED) is 0.249. The van der Waals surface area contributed by atoms with Gasteiger partial charge in [-0.25, -0.2) is 4.98 Å². The number of imidazole rings is 1. The van der Waals surface area contributed by atoms with Gasteiger partial charge in [0.05, 0.1) is 16.0 Å². The minimum Gasteiger partial charge on any atom is -0.324 e. The molecule has 0 atom stereocenters. The maximum atomic E-state index is 12.3. The van der Waals surface area contributed by atoms with Gasteiger partial charge in [-0.05, 0) is 13.0 Å². The molecule has 28 heavy (non-hydrogen) atoms. The van der Waals surface area contributed by atoms with Gasteiger partial charge in [0, 0.05) is 18.5 Å². The van der Waals surface area contributed by atoms with E-state index in [1.165, 1.54) is 33.5 Å². The van der Waals surface area contributed by atoms with E-state index in [0.29, 0.717) is 5.82 Å². The lowest BCUT2D eigenvalue weighted by molar-refractivity contribution is -0.384. The van der Waals surface area contributed by atoms with Crippen molar-refractivity contribution in [3.05, 3.63) is 56.6 Å². The summed E-state index contributed by atoms with van der Waals surface area (Å²) in [5.41, 5.74) is -0.657. The molecule has 1 aromatic carbocycles. The van der Waals surface area contributed by atoms with Crippen LogP contribution in [0.3, 0.4) is 0 Å². The summed E-state index contributed by atoms with van der Waals surface area (Å²) in [7, 11) is -4.50. The lowest BCUT2D eigenvalue weighted by atomic mass is 10.2. The standard InChI is InChI=1S/C14H12N7O6P/c1-7-15-2-3-19(7)10-5-9-8(4-11(10)21(23)24)16-14(22)13-18-17-12(20(9)13)6-28(25,26)27/h2-5H,6H2,1H3,(H,16,22)(H2,25,26,27). The molecule has 0 saturated heterocycles. The second-order valence-electron chi connectivity index (χ2n) is 6.01. The molecule has 3 aromatic heterocycles. The molecule has 0 fully saturated rings. The first-order chi connectivity index (χ1) is 13.2. The lowest BCUT2D eigenvalue weighted by Gasteiger charge is -2.10. The van der Waals surface area contributed by atoms with Crippen LogP contribution in [-0.4, -0.2) is 43.8 Å². The number of nitro groups is 1. The van der Waals surface area contributed by atoms with Crippen LogP contribution < -0.4 is 5.56 Å². The van der Waals surface area contributed by atoms with Gasteiger partial charge in [-0.15, -0.1) is 10.2 Å². The van der Waals surface area contributed by atoms with Gasteiger partial charge in [0.2, 0.25) is 5.65 Å². The number of hydrogen-bond acceptors (Lipinski definition) is 7. The zero-order chi connectivity index (χ0) is 20.2. The number of rotatable bonds is 4. The molecule has 3 heterocycles. The van der Waals surface area contributed by atoms with E-state index in [1.54, 1.807) is 6.92 Å². The van der Waals surface area contributed by atoms with Gasteiger partial charge in [0.1, 0.15) is 23.5 Å². The third kappa shape index (κ3) is 2.87. The number of hydrogen-bond donors (Lipinski definition) is 3. The molecule has 3 N–H and O–H groups in total. The molecule has 13 nitrogen and oxygen atoms in total. The Balaban J connectivity index is 2.14. The SMILES string of the molecule is Cc1nccn1-c1cc2c(cc1[N+](=O)[O-])[nH]c(=O)c1nnc(CP(=O)(O)O)n12. The first-order valence-corrected chi connectivity index (χ1v) is 9.59. The molecular formula is C14H12N7O6P. The summed E-state index contributed by atoms with van der Waals surface area (Å²) in [5, 5.41) is 19.0. The minimum atomic E-state index is -4.50. The number of aromatic nitrogens is 6. The first kappa shape index (κ1) is 18.0. The Labute approximate surface area is 154 Å². The van der Waals surface area contributed by atoms with Crippen LogP contribution in [0.1, 0.15) is 11.6 Å². The molecule has 0 aliphatic carbocycles. The Hall–Kier alpha value is -3.41. The van der Waals surface area contributed by atoms with Crippen molar-refractivity contribution in [1.29, 1.82) is 0 Å². The van der Waals surface area contributed by atoms with Gasteiger partial charge >= 0.3 is 7.60 Å². The maximum absolute atomic E-state index is 12.3. The number of benzene rings is 1. The monoisotopic (exact) mass is 405 g/mol. The summed E-state index contributed by atoms with van der Waals surface area (Å²) in [6, 6.07) is 2.59. The molecule has 0 aliphatic heterocycles. The molecule has 0 unspecified atom stereocenters. The van der Waals surface area contributed by atoms with Crippen LogP contribution in [0.5, 0.6) is 0 Å². The van der Waals surface area contributed by atoms with Crippen molar-refractivity contribution in [1.82, 2.24) is 29.1 Å². The highest BCUT2D eigenvalue weighted by atomic mass is 31.2. The number of nitrogens with one attached hydrogen (secondary N) is 1. The fourth-order valence-corrected chi connectivity index (χ4v) is 3.58. The third-order valence-corrected chi connectivity index (χ3v) is 4.84. The highest BCUT2D eigenvalue weighted by Crippen LogP contribution is 2.39. The van der Waals surface area contributed by atoms with Crippen LogP contribution in [0.2, 0.25) is 0 Å². The van der Waals surface area contributed by atoms with Crippen LogP contribution in [0, 0.1) is 17.0 Å². The van der Waals surface area contributed by atoms with E-state index in [1.807, 2.05) is 0 Å². The van der Waals surface area contributed by atoms with Gasteiger partial charge < -0.3 is 14.8 Å². The largest absolute Gasteiger partial charge is 0.333 e. The summed E-state index contributed by atoms with van der Waals surface area (Å²) in [5.74, 6) is 0.351. The Morgan fingerprint density at radius 1 is 1.32 bits per heavy atom. The van der Waals surface area contributed by atoms with E-state index in [-0.39, 0.29) is 33.9 Å². The Bertz CT molecular complexity index is 1360. The van der Waals surface area contributed by atoms with E-state index in [4.69, 9.17) is 0 Å². The number of nitrogens with zero attached hydrogens (tertiary/aromatic N) is 6. The van der Waals surface area contributed by atoms with Crippen molar-refractivity contribution in [2.75, 3.05) is 0 Å². The van der Waals surface area contributed by atoms with E-state index in [9.17, 15) is 29.3 Å². The molecule has 0 bridgehead atoms. The molecule has 0 aliphatic rings. The molecule has 0 amide bonds. The van der Waals surface area contributed by atoms with Gasteiger partial charge in [-0.2, -0.15) is 0 Å². The third-order valence-electron chi connectivity index (χ3n) is 4.14. The zero-order valence-corrected chi connectivity index (χ0v) is 15.1. The van der Waals surface area contributed by atoms with E-state index in [2.05, 4.69) is 20.2 Å². The molecule has 4 aromatic rings. The number of H-pyrrole nitrogens is 1. The Morgan fingerprint density at radius 3 is 2.68 bits per heavy atom. The molecule has 0 radical (unpaired) electrons. The van der Waals surface area contributed by atoms with Gasteiger partial charge in [-0.3, -0.25) is 28.4 Å². The zero-order valence-electron chi connectivity index (χ0n) is 14.2. The van der Waals surface area contributed by atoms with Crippen LogP contribution >= 0.6 is 7.60 Å². The van der Waals surface area contributed by atoms with Crippen LogP contribution in [0.25, 0.3) is 22.4 Å². The van der Waals surface area contributed by atoms with Gasteiger partial charge in [0.15, 0.2) is 0 Å². The van der Waals surface area contributed by atoms with Crippen LogP contribution in [0.4, 0.5) is 5.69 Å². The summed E-state index contributed by atoms with van der Waals surface area (Å²) >= 11 is 0. The maximum Gasteiger partial charge on any atom is 0.333 e. The number of aromatic amines is 1. The summed E-state index contributed by atoms with van der Waals surface area (Å²) < 4.78 is 14.1. The average Bonchev–Trinajstić information content (AvgIpc) is 3.19. The second-order valence-corrected chi connectivity index (χ2v) is 7.66. The fraction of sp³-hybridized carbons (Fsp3) is 0.143. The fourth-order valence-electron chi connectivity index (χ4n) is 3.00. The molecule has 4 rings (SSSR count). The number of aryl methyl sites for hydroxylation is 1. The lowest BCUT2D eigenvalue weighted by Crippen LogP contribution is -2.13. The minimum absolute atomic E-state index is 0.0949. The van der Waals surface area contributed by atoms with Crippen molar-refractivity contribution in [2.45, 2.75) is 13.1 Å². The predicted molar refractivity (Wildman–Crippen MR) is 95.4 cm³/mol. The molecule has 0 spiro atoms. The van der Waals surface area contributed by atoms with E-state index < -0.39 is 24.2 Å². The second kappa shape index (κ2) is 6.05. The van der Waals surface area contributed by atoms with Crippen LogP contribution in [-0.2, 0) is 10.7 Å². The highest BCUT2D eigenvalue weighted by Gasteiger charge is 2.24. The first-order valence-electron chi connectivity index (χ1n) is 7.79. The number of fused-ring (bicyclic) bond motifs is 3. The molecule has 14 heteroatoms. The summed E-state index contributed by atoms with van der Waals surface area (Å²) in [6.45, 7) is 1.66. The predicted octanol–water partition coefficient (Wildman–Crippen LogP) is 0.651. The smallest absolute Gasteiger partial charge is 0.324 e. The Morgan fingerprint density at radius 2 is 2.07 bits per heavy atom. The summed E-state index contributed by atoms with van der Waals surface area (Å²) in [4.78, 5) is 48.4. The van der Waals surface area contributed by atoms with E-state index >= 15 is 0 Å². The average molecular weight is 405 g/mol. The van der Waals surface area contributed by atoms with Crippen molar-refractivity contribution < 1.29 is 19.3 Å².